The van der Waals surface area contributed by atoms with Gasteiger partial charge in [-0.2, -0.15) is 5.10 Å². The number of aromatic amines is 1. The first kappa shape index (κ1) is 18.7. The SMILES string of the molecule is CO[C@@]12CC[C@@H](NC(C)=O)C[C@@H]1N(C(=O)c1cccc(-c3cn[nH]c3)c1)CC2. The van der Waals surface area contributed by atoms with Gasteiger partial charge in [0.25, 0.3) is 5.91 Å². The van der Waals surface area contributed by atoms with Crippen molar-refractivity contribution in [2.24, 2.45) is 0 Å². The Kier molecular flexibility index (Phi) is 4.93. The van der Waals surface area contributed by atoms with Crippen molar-refractivity contribution < 1.29 is 14.3 Å². The van der Waals surface area contributed by atoms with Gasteiger partial charge in [0.05, 0.1) is 17.8 Å². The minimum absolute atomic E-state index is 0.0118. The van der Waals surface area contributed by atoms with Crippen molar-refractivity contribution in [3.05, 3.63) is 42.2 Å². The lowest BCUT2D eigenvalue weighted by atomic mass is 9.78. The molecule has 4 rings (SSSR count). The lowest BCUT2D eigenvalue weighted by Gasteiger charge is -2.43. The minimum atomic E-state index is -0.313. The molecule has 7 nitrogen and oxygen atoms in total. The zero-order chi connectivity index (χ0) is 19.7. The molecule has 1 aromatic carbocycles. The molecule has 2 N–H and O–H groups in total. The molecule has 7 heteroatoms. The molecular formula is C21H26N4O3. The van der Waals surface area contributed by atoms with Crippen LogP contribution in [-0.2, 0) is 9.53 Å². The van der Waals surface area contributed by atoms with Crippen LogP contribution in [0.15, 0.2) is 36.7 Å². The van der Waals surface area contributed by atoms with Gasteiger partial charge in [0.1, 0.15) is 0 Å². The summed E-state index contributed by atoms with van der Waals surface area (Å²) in [5.74, 6) is -0.0173. The van der Waals surface area contributed by atoms with E-state index < -0.39 is 0 Å². The zero-order valence-corrected chi connectivity index (χ0v) is 16.3. The van der Waals surface area contributed by atoms with Crippen molar-refractivity contribution in [2.75, 3.05) is 13.7 Å². The predicted octanol–water partition coefficient (Wildman–Crippen LogP) is 2.36. The van der Waals surface area contributed by atoms with Gasteiger partial charge in [0.15, 0.2) is 0 Å². The number of benzene rings is 1. The number of nitrogens with zero attached hydrogens (tertiary/aromatic N) is 2. The van der Waals surface area contributed by atoms with Gasteiger partial charge in [0.2, 0.25) is 5.91 Å². The smallest absolute Gasteiger partial charge is 0.254 e. The molecule has 2 heterocycles. The monoisotopic (exact) mass is 382 g/mol. The summed E-state index contributed by atoms with van der Waals surface area (Å²) in [6.07, 6.45) is 6.83. The van der Waals surface area contributed by atoms with E-state index in [0.29, 0.717) is 12.1 Å². The van der Waals surface area contributed by atoms with E-state index >= 15 is 0 Å². The second kappa shape index (κ2) is 7.39. The molecule has 1 aliphatic heterocycles. The topological polar surface area (TPSA) is 87.3 Å². The molecule has 1 saturated carbocycles. The van der Waals surface area contributed by atoms with Crippen LogP contribution in [0.2, 0.25) is 0 Å². The van der Waals surface area contributed by atoms with Crippen molar-refractivity contribution in [3.63, 3.8) is 0 Å². The fourth-order valence-corrected chi connectivity index (χ4v) is 4.76. The molecule has 1 aromatic heterocycles. The Morgan fingerprint density at radius 2 is 2.18 bits per heavy atom. The molecule has 1 saturated heterocycles. The summed E-state index contributed by atoms with van der Waals surface area (Å²) in [6, 6.07) is 7.68. The number of ether oxygens (including phenoxy) is 1. The first-order valence-electron chi connectivity index (χ1n) is 9.75. The Bertz CT molecular complexity index is 866. The molecule has 0 bridgehead atoms. The van der Waals surface area contributed by atoms with Crippen molar-refractivity contribution in [3.8, 4) is 11.1 Å². The van der Waals surface area contributed by atoms with Gasteiger partial charge >= 0.3 is 0 Å². The molecule has 2 aromatic rings. The van der Waals surface area contributed by atoms with Crippen LogP contribution in [0.5, 0.6) is 0 Å². The van der Waals surface area contributed by atoms with Gasteiger partial charge in [-0.15, -0.1) is 0 Å². The van der Waals surface area contributed by atoms with Crippen LogP contribution in [0.25, 0.3) is 11.1 Å². The Morgan fingerprint density at radius 1 is 1.32 bits per heavy atom. The summed E-state index contributed by atoms with van der Waals surface area (Å²) in [7, 11) is 1.74. The summed E-state index contributed by atoms with van der Waals surface area (Å²) in [5.41, 5.74) is 2.25. The summed E-state index contributed by atoms with van der Waals surface area (Å²) in [6.45, 7) is 2.21. The van der Waals surface area contributed by atoms with Crippen molar-refractivity contribution >= 4 is 11.8 Å². The normalized spacial score (nSPS) is 26.7. The molecule has 2 fully saturated rings. The Morgan fingerprint density at radius 3 is 2.89 bits per heavy atom. The number of likely N-dealkylation sites (tertiary alicyclic amines) is 1. The lowest BCUT2D eigenvalue weighted by molar-refractivity contribution is -0.121. The average Bonchev–Trinajstić information content (AvgIpc) is 3.35. The largest absolute Gasteiger partial charge is 0.376 e. The van der Waals surface area contributed by atoms with Gasteiger partial charge in [-0.1, -0.05) is 12.1 Å². The highest BCUT2D eigenvalue weighted by atomic mass is 16.5. The number of rotatable bonds is 4. The molecule has 2 amide bonds. The highest BCUT2D eigenvalue weighted by molar-refractivity contribution is 5.96. The number of carbonyl (C=O) groups excluding carboxylic acids is 2. The first-order valence-corrected chi connectivity index (χ1v) is 9.75. The van der Waals surface area contributed by atoms with Crippen molar-refractivity contribution in [1.29, 1.82) is 0 Å². The number of hydrogen-bond donors (Lipinski definition) is 2. The summed E-state index contributed by atoms with van der Waals surface area (Å²) < 4.78 is 5.94. The average molecular weight is 382 g/mol. The summed E-state index contributed by atoms with van der Waals surface area (Å²) in [5, 5.41) is 9.81. The molecule has 28 heavy (non-hydrogen) atoms. The van der Waals surface area contributed by atoms with Crippen LogP contribution >= 0.6 is 0 Å². The second-order valence-electron chi connectivity index (χ2n) is 7.77. The van der Waals surface area contributed by atoms with E-state index in [9.17, 15) is 9.59 Å². The Hall–Kier alpha value is -2.67. The van der Waals surface area contributed by atoms with Crippen molar-refractivity contribution in [2.45, 2.75) is 50.3 Å². The number of nitrogens with one attached hydrogen (secondary N) is 2. The van der Waals surface area contributed by atoms with E-state index in [2.05, 4.69) is 15.5 Å². The van der Waals surface area contributed by atoms with E-state index in [0.717, 1.165) is 36.8 Å². The fraction of sp³-hybridized carbons (Fsp3) is 0.476. The van der Waals surface area contributed by atoms with Crippen LogP contribution in [-0.4, -0.2) is 58.3 Å². The van der Waals surface area contributed by atoms with Gasteiger partial charge in [-0.05, 0) is 43.4 Å². The van der Waals surface area contributed by atoms with E-state index in [4.69, 9.17) is 4.74 Å². The number of aromatic nitrogens is 2. The first-order chi connectivity index (χ1) is 13.5. The predicted molar refractivity (Wildman–Crippen MR) is 105 cm³/mol. The number of methoxy groups -OCH3 is 1. The van der Waals surface area contributed by atoms with Crippen LogP contribution in [0.1, 0.15) is 43.0 Å². The summed E-state index contributed by atoms with van der Waals surface area (Å²) in [4.78, 5) is 26.8. The molecular weight excluding hydrogens is 356 g/mol. The van der Waals surface area contributed by atoms with E-state index in [1.807, 2.05) is 35.4 Å². The number of H-pyrrole nitrogens is 1. The molecule has 2 aliphatic rings. The number of fused-ring (bicyclic) bond motifs is 1. The highest BCUT2D eigenvalue weighted by Crippen LogP contribution is 2.43. The van der Waals surface area contributed by atoms with Crippen LogP contribution in [0, 0.1) is 0 Å². The lowest BCUT2D eigenvalue weighted by Crippen LogP contribution is -2.55. The molecule has 1 aliphatic carbocycles. The van der Waals surface area contributed by atoms with E-state index in [1.54, 1.807) is 13.3 Å². The zero-order valence-electron chi connectivity index (χ0n) is 16.3. The third-order valence-electron chi connectivity index (χ3n) is 6.20. The maximum Gasteiger partial charge on any atom is 0.254 e. The van der Waals surface area contributed by atoms with Crippen LogP contribution < -0.4 is 5.32 Å². The quantitative estimate of drug-likeness (QED) is 0.850. The van der Waals surface area contributed by atoms with Gasteiger partial charge in [-0.3, -0.25) is 14.7 Å². The fourth-order valence-electron chi connectivity index (χ4n) is 4.76. The van der Waals surface area contributed by atoms with Crippen LogP contribution in [0.3, 0.4) is 0 Å². The van der Waals surface area contributed by atoms with E-state index in [1.165, 1.54) is 6.92 Å². The van der Waals surface area contributed by atoms with Crippen molar-refractivity contribution in [1.82, 2.24) is 20.4 Å². The summed E-state index contributed by atoms with van der Waals surface area (Å²) >= 11 is 0. The number of amides is 2. The minimum Gasteiger partial charge on any atom is -0.376 e. The number of carbonyl (C=O) groups is 2. The van der Waals surface area contributed by atoms with E-state index in [-0.39, 0.29) is 29.5 Å². The molecule has 0 unspecified atom stereocenters. The Labute approximate surface area is 164 Å². The van der Waals surface area contributed by atoms with Crippen LogP contribution in [0.4, 0.5) is 0 Å². The second-order valence-corrected chi connectivity index (χ2v) is 7.77. The highest BCUT2D eigenvalue weighted by Gasteiger charge is 2.52. The van der Waals surface area contributed by atoms with Gasteiger partial charge in [0, 0.05) is 43.9 Å². The standard InChI is InChI=1S/C21H26N4O3/c1-14(26)24-18-6-7-21(28-2)8-9-25(19(21)11-18)20(27)16-5-3-4-15(10-16)17-12-22-23-13-17/h3-5,10,12-13,18-19H,6-9,11H2,1-2H3,(H,22,23)(H,24,26)/t18-,19+,21-/m1/s1. The third-order valence-corrected chi connectivity index (χ3v) is 6.20. The molecule has 0 radical (unpaired) electrons. The van der Waals surface area contributed by atoms with Gasteiger partial charge in [-0.25, -0.2) is 0 Å². The number of hydrogen-bond acceptors (Lipinski definition) is 4. The Balaban J connectivity index is 1.59. The third kappa shape index (κ3) is 3.30. The molecule has 3 atom stereocenters. The molecule has 0 spiro atoms. The maximum atomic E-state index is 13.4. The maximum absolute atomic E-state index is 13.4. The van der Waals surface area contributed by atoms with Gasteiger partial charge < -0.3 is 15.0 Å². The molecule has 148 valence electrons.